The summed E-state index contributed by atoms with van der Waals surface area (Å²) in [7, 11) is 0. The molecule has 0 saturated heterocycles. The molecular weight excluding hydrogens is 186 g/mol. The fourth-order valence-corrected chi connectivity index (χ4v) is 1.88. The Bertz CT molecular complexity index is 344. The largest absolute Gasteiger partial charge is 0.366 e. The van der Waals surface area contributed by atoms with Crippen LogP contribution in [0, 0.1) is 0 Å². The first-order valence-electron chi connectivity index (χ1n) is 5.61. The molecule has 0 unspecified atom stereocenters. The van der Waals surface area contributed by atoms with E-state index in [1.807, 2.05) is 12.1 Å². The highest BCUT2D eigenvalue weighted by molar-refractivity contribution is 5.94. The number of hydrogen-bond acceptors (Lipinski definition) is 1. The Labute approximate surface area is 91.5 Å². The number of hydrogen-bond donors (Lipinski definition) is 1. The van der Waals surface area contributed by atoms with Crippen molar-refractivity contribution in [2.45, 2.75) is 39.5 Å². The Morgan fingerprint density at radius 3 is 2.60 bits per heavy atom. The predicted octanol–water partition coefficient (Wildman–Crippen LogP) is 2.69. The molecule has 1 amide bonds. The monoisotopic (exact) mass is 205 g/mol. The summed E-state index contributed by atoms with van der Waals surface area (Å²) < 4.78 is 0. The fourth-order valence-electron chi connectivity index (χ4n) is 1.88. The van der Waals surface area contributed by atoms with Crippen LogP contribution in [0.3, 0.4) is 0 Å². The number of rotatable bonds is 5. The molecule has 0 spiro atoms. The van der Waals surface area contributed by atoms with E-state index in [1.165, 1.54) is 12.0 Å². The minimum absolute atomic E-state index is 0.315. The van der Waals surface area contributed by atoms with Gasteiger partial charge in [0, 0.05) is 5.56 Å². The maximum Gasteiger partial charge on any atom is 0.248 e. The molecule has 2 N–H and O–H groups in total. The second-order valence-corrected chi connectivity index (χ2v) is 3.76. The molecule has 2 heteroatoms. The van der Waals surface area contributed by atoms with Crippen molar-refractivity contribution in [2.24, 2.45) is 5.73 Å². The highest BCUT2D eigenvalue weighted by atomic mass is 16.1. The Balaban J connectivity index is 3.04. The molecule has 0 aliphatic carbocycles. The van der Waals surface area contributed by atoms with E-state index < -0.39 is 0 Å². The Morgan fingerprint density at radius 2 is 2.07 bits per heavy atom. The van der Waals surface area contributed by atoms with Crippen LogP contribution in [0.4, 0.5) is 0 Å². The predicted molar refractivity (Wildman–Crippen MR) is 62.9 cm³/mol. The second kappa shape index (κ2) is 5.54. The Hall–Kier alpha value is -1.31. The van der Waals surface area contributed by atoms with Gasteiger partial charge in [-0.15, -0.1) is 0 Å². The van der Waals surface area contributed by atoms with E-state index in [2.05, 4.69) is 19.9 Å². The highest BCUT2D eigenvalue weighted by Gasteiger charge is 2.09. The number of primary amides is 1. The van der Waals surface area contributed by atoms with E-state index in [-0.39, 0.29) is 5.91 Å². The molecule has 0 radical (unpaired) electrons. The van der Waals surface area contributed by atoms with E-state index in [9.17, 15) is 4.79 Å². The van der Waals surface area contributed by atoms with E-state index in [0.717, 1.165) is 24.8 Å². The van der Waals surface area contributed by atoms with E-state index in [1.54, 1.807) is 0 Å². The summed E-state index contributed by atoms with van der Waals surface area (Å²) in [6.45, 7) is 4.24. The molecule has 0 aliphatic rings. The van der Waals surface area contributed by atoms with Gasteiger partial charge in [0.05, 0.1) is 0 Å². The minimum Gasteiger partial charge on any atom is -0.366 e. The van der Waals surface area contributed by atoms with Crippen molar-refractivity contribution in [3.63, 3.8) is 0 Å². The molecule has 0 heterocycles. The quantitative estimate of drug-likeness (QED) is 0.789. The van der Waals surface area contributed by atoms with E-state index >= 15 is 0 Å². The molecule has 0 saturated carbocycles. The molecule has 2 nitrogen and oxygen atoms in total. The Morgan fingerprint density at radius 1 is 1.33 bits per heavy atom. The van der Waals surface area contributed by atoms with E-state index in [0.29, 0.717) is 5.56 Å². The third kappa shape index (κ3) is 2.82. The molecule has 1 rings (SSSR count). The van der Waals surface area contributed by atoms with Gasteiger partial charge in [-0.1, -0.05) is 32.4 Å². The Kier molecular flexibility index (Phi) is 4.35. The van der Waals surface area contributed by atoms with Crippen LogP contribution in [-0.4, -0.2) is 5.91 Å². The van der Waals surface area contributed by atoms with Crippen LogP contribution in [-0.2, 0) is 12.8 Å². The van der Waals surface area contributed by atoms with Crippen LogP contribution in [0.15, 0.2) is 18.2 Å². The number of nitrogens with two attached hydrogens (primary N) is 1. The number of unbranched alkanes of at least 4 members (excludes halogenated alkanes) is 1. The van der Waals surface area contributed by atoms with Gasteiger partial charge in [-0.25, -0.2) is 0 Å². The van der Waals surface area contributed by atoms with Crippen molar-refractivity contribution in [2.75, 3.05) is 0 Å². The lowest BCUT2D eigenvalue weighted by atomic mass is 9.95. The van der Waals surface area contributed by atoms with Crippen LogP contribution in [0.2, 0.25) is 0 Å². The fraction of sp³-hybridized carbons (Fsp3) is 0.462. The van der Waals surface area contributed by atoms with Gasteiger partial charge in [-0.3, -0.25) is 4.79 Å². The van der Waals surface area contributed by atoms with Crippen molar-refractivity contribution in [1.82, 2.24) is 0 Å². The lowest BCUT2D eigenvalue weighted by Crippen LogP contribution is -2.14. The molecule has 0 fully saturated rings. The van der Waals surface area contributed by atoms with Crippen molar-refractivity contribution >= 4 is 5.91 Å². The SMILES string of the molecule is CCCCc1cccc(C(N)=O)c1CC. The van der Waals surface area contributed by atoms with Gasteiger partial charge >= 0.3 is 0 Å². The first-order chi connectivity index (χ1) is 7.20. The number of benzene rings is 1. The smallest absolute Gasteiger partial charge is 0.248 e. The summed E-state index contributed by atoms with van der Waals surface area (Å²) in [6.07, 6.45) is 4.25. The number of carbonyl (C=O) groups excluding carboxylic acids is 1. The van der Waals surface area contributed by atoms with E-state index in [4.69, 9.17) is 5.73 Å². The molecule has 0 atom stereocenters. The molecular formula is C13H19NO. The van der Waals surface area contributed by atoms with Crippen LogP contribution in [0.25, 0.3) is 0 Å². The van der Waals surface area contributed by atoms with Crippen LogP contribution in [0.1, 0.15) is 48.2 Å². The molecule has 0 aromatic heterocycles. The van der Waals surface area contributed by atoms with Crippen molar-refractivity contribution in [1.29, 1.82) is 0 Å². The van der Waals surface area contributed by atoms with Crippen molar-refractivity contribution < 1.29 is 4.79 Å². The maximum absolute atomic E-state index is 11.2. The molecule has 1 aromatic rings. The number of carbonyl (C=O) groups is 1. The van der Waals surface area contributed by atoms with Crippen molar-refractivity contribution in [3.8, 4) is 0 Å². The minimum atomic E-state index is -0.315. The molecule has 0 bridgehead atoms. The maximum atomic E-state index is 11.2. The van der Waals surface area contributed by atoms with Crippen LogP contribution in [0.5, 0.6) is 0 Å². The van der Waals surface area contributed by atoms with Gasteiger partial charge in [0.2, 0.25) is 5.91 Å². The number of amides is 1. The lowest BCUT2D eigenvalue weighted by Gasteiger charge is -2.10. The lowest BCUT2D eigenvalue weighted by molar-refractivity contribution is 0.0999. The molecule has 1 aromatic carbocycles. The van der Waals surface area contributed by atoms with Crippen molar-refractivity contribution in [3.05, 3.63) is 34.9 Å². The zero-order valence-electron chi connectivity index (χ0n) is 9.55. The molecule has 0 aliphatic heterocycles. The molecule has 15 heavy (non-hydrogen) atoms. The van der Waals surface area contributed by atoms with Gasteiger partial charge in [0.15, 0.2) is 0 Å². The average Bonchev–Trinajstić information content (AvgIpc) is 2.25. The zero-order valence-corrected chi connectivity index (χ0v) is 9.55. The third-order valence-corrected chi connectivity index (χ3v) is 2.69. The van der Waals surface area contributed by atoms with Gasteiger partial charge in [0.25, 0.3) is 0 Å². The van der Waals surface area contributed by atoms with Gasteiger partial charge < -0.3 is 5.73 Å². The number of aryl methyl sites for hydroxylation is 1. The topological polar surface area (TPSA) is 43.1 Å². The highest BCUT2D eigenvalue weighted by Crippen LogP contribution is 2.17. The van der Waals surface area contributed by atoms with Crippen LogP contribution >= 0.6 is 0 Å². The first-order valence-corrected chi connectivity index (χ1v) is 5.61. The second-order valence-electron chi connectivity index (χ2n) is 3.76. The summed E-state index contributed by atoms with van der Waals surface area (Å²) in [4.78, 5) is 11.2. The summed E-state index contributed by atoms with van der Waals surface area (Å²) in [6, 6.07) is 5.84. The third-order valence-electron chi connectivity index (χ3n) is 2.69. The summed E-state index contributed by atoms with van der Waals surface area (Å²) >= 11 is 0. The standard InChI is InChI=1S/C13H19NO/c1-3-5-7-10-8-6-9-12(13(14)15)11(10)4-2/h6,8-9H,3-5,7H2,1-2H3,(H2,14,15). The summed E-state index contributed by atoms with van der Waals surface area (Å²) in [5.74, 6) is -0.315. The zero-order chi connectivity index (χ0) is 11.3. The normalized spacial score (nSPS) is 10.3. The van der Waals surface area contributed by atoms with Gasteiger partial charge in [-0.05, 0) is 36.5 Å². The van der Waals surface area contributed by atoms with Gasteiger partial charge in [0.1, 0.15) is 0 Å². The first kappa shape index (κ1) is 11.8. The average molecular weight is 205 g/mol. The molecule has 82 valence electrons. The summed E-state index contributed by atoms with van der Waals surface area (Å²) in [5.41, 5.74) is 8.43. The van der Waals surface area contributed by atoms with Gasteiger partial charge in [-0.2, -0.15) is 0 Å². The van der Waals surface area contributed by atoms with Crippen LogP contribution < -0.4 is 5.73 Å². The summed E-state index contributed by atoms with van der Waals surface area (Å²) in [5, 5.41) is 0.